The summed E-state index contributed by atoms with van der Waals surface area (Å²) < 4.78 is 0. The molecule has 2 aromatic carbocycles. The van der Waals surface area contributed by atoms with Crippen molar-refractivity contribution in [2.24, 2.45) is 5.73 Å². The van der Waals surface area contributed by atoms with Crippen molar-refractivity contribution in [1.82, 2.24) is 0 Å². The molecule has 0 aliphatic carbocycles. The summed E-state index contributed by atoms with van der Waals surface area (Å²) in [6.45, 7) is 2.01. The van der Waals surface area contributed by atoms with Crippen LogP contribution in [0, 0.1) is 6.92 Å². The van der Waals surface area contributed by atoms with E-state index < -0.39 is 6.04 Å². The van der Waals surface area contributed by atoms with E-state index >= 15 is 0 Å². The molecule has 0 saturated heterocycles. The summed E-state index contributed by atoms with van der Waals surface area (Å²) in [5.74, 6) is -0.386. The fourth-order valence-corrected chi connectivity index (χ4v) is 1.78. The number of amides is 1. The van der Waals surface area contributed by atoms with E-state index in [1.54, 1.807) is 0 Å². The molecule has 92 valence electrons. The Labute approximate surface area is 107 Å². The zero-order chi connectivity index (χ0) is 13.0. The van der Waals surface area contributed by atoms with E-state index in [0.717, 1.165) is 16.8 Å². The van der Waals surface area contributed by atoms with E-state index in [-0.39, 0.29) is 5.91 Å². The highest BCUT2D eigenvalue weighted by Gasteiger charge is 2.16. The minimum Gasteiger partial charge on any atom is -0.370 e. The SMILES string of the molecule is Cc1ccc(C(Nc2ccccc2)C(N)=O)cc1. The maximum absolute atomic E-state index is 11.5. The van der Waals surface area contributed by atoms with Gasteiger partial charge in [0.05, 0.1) is 0 Å². The zero-order valence-electron chi connectivity index (χ0n) is 10.3. The summed E-state index contributed by atoms with van der Waals surface area (Å²) in [5, 5.41) is 3.14. The van der Waals surface area contributed by atoms with Crippen LogP contribution in [0.2, 0.25) is 0 Å². The smallest absolute Gasteiger partial charge is 0.244 e. The monoisotopic (exact) mass is 240 g/mol. The second-order valence-corrected chi connectivity index (χ2v) is 4.26. The van der Waals surface area contributed by atoms with Gasteiger partial charge in [-0.25, -0.2) is 0 Å². The fraction of sp³-hybridized carbons (Fsp3) is 0.133. The van der Waals surface area contributed by atoms with Crippen LogP contribution in [0.5, 0.6) is 0 Å². The number of rotatable bonds is 4. The molecule has 0 aromatic heterocycles. The lowest BCUT2D eigenvalue weighted by Crippen LogP contribution is -2.27. The van der Waals surface area contributed by atoms with Crippen LogP contribution >= 0.6 is 0 Å². The molecule has 3 nitrogen and oxygen atoms in total. The van der Waals surface area contributed by atoms with E-state index in [1.165, 1.54) is 0 Å². The van der Waals surface area contributed by atoms with E-state index in [2.05, 4.69) is 5.32 Å². The average molecular weight is 240 g/mol. The fourth-order valence-electron chi connectivity index (χ4n) is 1.78. The molecule has 1 atom stereocenters. The molecule has 1 unspecified atom stereocenters. The number of nitrogens with two attached hydrogens (primary N) is 1. The summed E-state index contributed by atoms with van der Waals surface area (Å²) in [6, 6.07) is 16.8. The first-order valence-corrected chi connectivity index (χ1v) is 5.84. The number of hydrogen-bond donors (Lipinski definition) is 2. The molecule has 0 bridgehead atoms. The molecule has 0 heterocycles. The van der Waals surface area contributed by atoms with Crippen LogP contribution in [0.25, 0.3) is 0 Å². The van der Waals surface area contributed by atoms with Gasteiger partial charge in [0.15, 0.2) is 0 Å². The Bertz CT molecular complexity index is 520. The van der Waals surface area contributed by atoms with Crippen molar-refractivity contribution in [2.75, 3.05) is 5.32 Å². The summed E-state index contributed by atoms with van der Waals surface area (Å²) in [7, 11) is 0. The highest BCUT2D eigenvalue weighted by molar-refractivity contribution is 5.84. The molecule has 3 N–H and O–H groups in total. The zero-order valence-corrected chi connectivity index (χ0v) is 10.3. The number of nitrogens with one attached hydrogen (secondary N) is 1. The Balaban J connectivity index is 2.24. The molecule has 0 spiro atoms. The summed E-state index contributed by atoms with van der Waals surface area (Å²) >= 11 is 0. The largest absolute Gasteiger partial charge is 0.370 e. The van der Waals surface area contributed by atoms with Crippen molar-refractivity contribution in [1.29, 1.82) is 0 Å². The van der Waals surface area contributed by atoms with Gasteiger partial charge in [0.2, 0.25) is 5.91 Å². The van der Waals surface area contributed by atoms with Crippen LogP contribution in [0.15, 0.2) is 54.6 Å². The third-order valence-corrected chi connectivity index (χ3v) is 2.78. The van der Waals surface area contributed by atoms with Gasteiger partial charge in [-0.2, -0.15) is 0 Å². The predicted octanol–water partition coefficient (Wildman–Crippen LogP) is 2.63. The first kappa shape index (κ1) is 12.2. The van der Waals surface area contributed by atoms with Crippen molar-refractivity contribution < 1.29 is 4.79 Å². The quantitative estimate of drug-likeness (QED) is 0.863. The van der Waals surface area contributed by atoms with Crippen LogP contribution in [-0.4, -0.2) is 5.91 Å². The molecule has 0 aliphatic rings. The Kier molecular flexibility index (Phi) is 3.63. The molecule has 3 heteroatoms. The Hall–Kier alpha value is -2.29. The van der Waals surface area contributed by atoms with Crippen molar-refractivity contribution >= 4 is 11.6 Å². The standard InChI is InChI=1S/C15H16N2O/c1-11-7-9-12(10-8-11)14(15(16)18)17-13-5-3-2-4-6-13/h2-10,14,17H,1H3,(H2,16,18). The Morgan fingerprint density at radius 3 is 2.22 bits per heavy atom. The molecule has 2 rings (SSSR count). The molecule has 2 aromatic rings. The average Bonchev–Trinajstić information content (AvgIpc) is 2.38. The number of anilines is 1. The topological polar surface area (TPSA) is 55.1 Å². The van der Waals surface area contributed by atoms with Crippen molar-refractivity contribution in [3.63, 3.8) is 0 Å². The maximum atomic E-state index is 11.5. The molecule has 18 heavy (non-hydrogen) atoms. The van der Waals surface area contributed by atoms with Gasteiger partial charge in [0.1, 0.15) is 6.04 Å². The lowest BCUT2D eigenvalue weighted by atomic mass is 10.0. The third-order valence-electron chi connectivity index (χ3n) is 2.78. The highest BCUT2D eigenvalue weighted by atomic mass is 16.1. The second-order valence-electron chi connectivity index (χ2n) is 4.26. The van der Waals surface area contributed by atoms with Gasteiger partial charge in [-0.05, 0) is 24.6 Å². The molecule has 0 aliphatic heterocycles. The number of primary amides is 1. The first-order valence-electron chi connectivity index (χ1n) is 5.84. The lowest BCUT2D eigenvalue weighted by Gasteiger charge is -2.17. The summed E-state index contributed by atoms with van der Waals surface area (Å²) in [4.78, 5) is 11.5. The number of carbonyl (C=O) groups is 1. The van der Waals surface area contributed by atoms with Gasteiger partial charge in [-0.3, -0.25) is 4.79 Å². The third kappa shape index (κ3) is 2.88. The van der Waals surface area contributed by atoms with Gasteiger partial charge < -0.3 is 11.1 Å². The molecule has 0 radical (unpaired) electrons. The van der Waals surface area contributed by atoms with E-state index in [1.807, 2.05) is 61.5 Å². The minimum atomic E-state index is -0.506. The van der Waals surface area contributed by atoms with Crippen molar-refractivity contribution in [2.45, 2.75) is 13.0 Å². The molecule has 0 saturated carbocycles. The van der Waals surface area contributed by atoms with Crippen LogP contribution in [-0.2, 0) is 4.79 Å². The Morgan fingerprint density at radius 1 is 1.06 bits per heavy atom. The Morgan fingerprint density at radius 2 is 1.67 bits per heavy atom. The van der Waals surface area contributed by atoms with E-state index in [4.69, 9.17) is 5.73 Å². The van der Waals surface area contributed by atoms with Crippen LogP contribution < -0.4 is 11.1 Å². The van der Waals surface area contributed by atoms with E-state index in [0.29, 0.717) is 0 Å². The van der Waals surface area contributed by atoms with Gasteiger partial charge in [0.25, 0.3) is 0 Å². The lowest BCUT2D eigenvalue weighted by molar-refractivity contribution is -0.118. The second kappa shape index (κ2) is 5.36. The van der Waals surface area contributed by atoms with Gasteiger partial charge in [0, 0.05) is 5.69 Å². The van der Waals surface area contributed by atoms with Crippen LogP contribution in [0.3, 0.4) is 0 Å². The normalized spacial score (nSPS) is 11.8. The number of benzene rings is 2. The molecule has 0 fully saturated rings. The predicted molar refractivity (Wildman–Crippen MR) is 73.2 cm³/mol. The molecular formula is C15H16N2O. The van der Waals surface area contributed by atoms with Crippen LogP contribution in [0.4, 0.5) is 5.69 Å². The van der Waals surface area contributed by atoms with Gasteiger partial charge >= 0.3 is 0 Å². The number of carbonyl (C=O) groups excluding carboxylic acids is 1. The van der Waals surface area contributed by atoms with Gasteiger partial charge in [-0.15, -0.1) is 0 Å². The minimum absolute atomic E-state index is 0.386. The number of para-hydroxylation sites is 1. The summed E-state index contributed by atoms with van der Waals surface area (Å²) in [6.07, 6.45) is 0. The van der Waals surface area contributed by atoms with E-state index in [9.17, 15) is 4.79 Å². The molecule has 1 amide bonds. The highest BCUT2D eigenvalue weighted by Crippen LogP contribution is 2.19. The van der Waals surface area contributed by atoms with Crippen molar-refractivity contribution in [3.8, 4) is 0 Å². The summed E-state index contributed by atoms with van der Waals surface area (Å²) in [5.41, 5.74) is 8.36. The number of hydrogen-bond acceptors (Lipinski definition) is 2. The van der Waals surface area contributed by atoms with Crippen LogP contribution in [0.1, 0.15) is 17.2 Å². The van der Waals surface area contributed by atoms with Crippen molar-refractivity contribution in [3.05, 3.63) is 65.7 Å². The first-order chi connectivity index (χ1) is 8.66. The maximum Gasteiger partial charge on any atom is 0.244 e. The van der Waals surface area contributed by atoms with Gasteiger partial charge in [-0.1, -0.05) is 48.0 Å². The molecular weight excluding hydrogens is 224 g/mol. The number of aryl methyl sites for hydroxylation is 1.